The summed E-state index contributed by atoms with van der Waals surface area (Å²) in [5.41, 5.74) is 0.137. The highest BCUT2D eigenvalue weighted by atomic mass is 16.5. The number of rotatable bonds is 3. The Bertz CT molecular complexity index is 1170. The van der Waals surface area contributed by atoms with Crippen molar-refractivity contribution in [2.24, 2.45) is 7.05 Å². The Kier molecular flexibility index (Phi) is 5.56. The summed E-state index contributed by atoms with van der Waals surface area (Å²) >= 11 is 0. The van der Waals surface area contributed by atoms with Gasteiger partial charge in [-0.25, -0.2) is 0 Å². The number of carbonyl (C=O) groups is 2. The number of aromatic nitrogens is 5. The molecule has 4 rings (SSSR count). The second kappa shape index (κ2) is 8.45. The van der Waals surface area contributed by atoms with Crippen LogP contribution < -0.4 is 20.5 Å². The molecule has 3 aromatic rings. The highest BCUT2D eigenvalue weighted by Crippen LogP contribution is 2.15. The molecule has 13 nitrogen and oxygen atoms in total. The standard InChI is InChI=1S/C18H22N8O5/c1-24-15-11(10-20-24)16(28)22-18(21-15)26-6-4-19-13(27)3-5-25(7-8-26)17(29)12-9-14(30-2)23-31-12/h9-10H,3-8H2,1-2H3,(H,19,27)(H,21,22,28). The predicted molar refractivity (Wildman–Crippen MR) is 108 cm³/mol. The third kappa shape index (κ3) is 4.20. The first-order chi connectivity index (χ1) is 15.0. The summed E-state index contributed by atoms with van der Waals surface area (Å²) in [6.45, 7) is 1.63. The van der Waals surface area contributed by atoms with E-state index in [9.17, 15) is 14.4 Å². The Morgan fingerprint density at radius 1 is 1.23 bits per heavy atom. The maximum Gasteiger partial charge on any atom is 0.292 e. The molecule has 0 radical (unpaired) electrons. The first-order valence-corrected chi connectivity index (χ1v) is 9.70. The van der Waals surface area contributed by atoms with E-state index >= 15 is 0 Å². The number of nitrogens with zero attached hydrogens (tertiary/aromatic N) is 6. The molecule has 0 bridgehead atoms. The van der Waals surface area contributed by atoms with E-state index in [4.69, 9.17) is 9.26 Å². The van der Waals surface area contributed by atoms with Gasteiger partial charge in [0.2, 0.25) is 17.6 Å². The van der Waals surface area contributed by atoms with E-state index in [0.29, 0.717) is 36.6 Å². The minimum absolute atomic E-state index is 0.0173. The van der Waals surface area contributed by atoms with Crippen LogP contribution in [0, 0.1) is 0 Å². The Morgan fingerprint density at radius 3 is 2.84 bits per heavy atom. The summed E-state index contributed by atoms with van der Waals surface area (Å²) in [6, 6.07) is 1.40. The van der Waals surface area contributed by atoms with Gasteiger partial charge in [-0.1, -0.05) is 0 Å². The number of hydrogen-bond acceptors (Lipinski definition) is 9. The number of aromatic amines is 1. The number of carbonyl (C=O) groups excluding carboxylic acids is 2. The summed E-state index contributed by atoms with van der Waals surface area (Å²) in [6.07, 6.45) is 1.62. The number of H-pyrrole nitrogens is 1. The number of ether oxygens (including phenoxy) is 1. The van der Waals surface area contributed by atoms with Gasteiger partial charge in [-0.2, -0.15) is 10.1 Å². The number of fused-ring (bicyclic) bond motifs is 1. The van der Waals surface area contributed by atoms with Crippen LogP contribution >= 0.6 is 0 Å². The summed E-state index contributed by atoms with van der Waals surface area (Å²) in [5, 5.41) is 10.9. The van der Waals surface area contributed by atoms with Crippen LogP contribution in [0.2, 0.25) is 0 Å². The maximum absolute atomic E-state index is 12.9. The van der Waals surface area contributed by atoms with Crippen molar-refractivity contribution in [3.63, 3.8) is 0 Å². The maximum atomic E-state index is 12.9. The SMILES string of the molecule is COc1cc(C(=O)N2CCC(=O)NCCN(c3nc4c(cnn4C)c(=O)[nH]3)CC2)on1. The fourth-order valence-corrected chi connectivity index (χ4v) is 3.32. The molecule has 1 aliphatic heterocycles. The third-order valence-corrected chi connectivity index (χ3v) is 5.04. The molecule has 0 atom stereocenters. The van der Waals surface area contributed by atoms with Crippen molar-refractivity contribution in [2.45, 2.75) is 6.42 Å². The zero-order chi connectivity index (χ0) is 22.0. The van der Waals surface area contributed by atoms with Gasteiger partial charge in [-0.3, -0.25) is 24.0 Å². The van der Waals surface area contributed by atoms with Crippen molar-refractivity contribution in [3.05, 3.63) is 28.4 Å². The lowest BCUT2D eigenvalue weighted by atomic mass is 10.3. The monoisotopic (exact) mass is 430 g/mol. The van der Waals surface area contributed by atoms with Gasteiger partial charge in [0.1, 0.15) is 5.39 Å². The van der Waals surface area contributed by atoms with Gasteiger partial charge < -0.3 is 24.4 Å². The Morgan fingerprint density at radius 2 is 2.06 bits per heavy atom. The highest BCUT2D eigenvalue weighted by Gasteiger charge is 2.24. The number of methoxy groups -OCH3 is 1. The number of aryl methyl sites for hydroxylation is 1. The fourth-order valence-electron chi connectivity index (χ4n) is 3.32. The molecule has 2 N–H and O–H groups in total. The second-order valence-electron chi connectivity index (χ2n) is 7.01. The first-order valence-electron chi connectivity index (χ1n) is 9.70. The van der Waals surface area contributed by atoms with E-state index in [1.807, 2.05) is 0 Å². The molecule has 0 aliphatic carbocycles. The van der Waals surface area contributed by atoms with Crippen molar-refractivity contribution >= 4 is 28.8 Å². The minimum atomic E-state index is -0.410. The Hall–Kier alpha value is -3.90. The van der Waals surface area contributed by atoms with Crippen molar-refractivity contribution in [3.8, 4) is 5.88 Å². The van der Waals surface area contributed by atoms with E-state index in [-0.39, 0.29) is 42.6 Å². The summed E-state index contributed by atoms with van der Waals surface area (Å²) in [5.74, 6) is -0.0468. The van der Waals surface area contributed by atoms with Crippen LogP contribution in [0.4, 0.5) is 5.95 Å². The van der Waals surface area contributed by atoms with Crippen LogP contribution in [0.3, 0.4) is 0 Å². The third-order valence-electron chi connectivity index (χ3n) is 5.04. The number of hydrogen-bond donors (Lipinski definition) is 2. The molecule has 1 aliphatic rings. The molecule has 1 saturated heterocycles. The largest absolute Gasteiger partial charge is 0.479 e. The van der Waals surface area contributed by atoms with Crippen molar-refractivity contribution in [1.29, 1.82) is 0 Å². The lowest BCUT2D eigenvalue weighted by Gasteiger charge is -2.29. The predicted octanol–water partition coefficient (Wildman–Crippen LogP) is -0.878. The van der Waals surface area contributed by atoms with E-state index in [0.717, 1.165) is 0 Å². The van der Waals surface area contributed by atoms with E-state index in [1.54, 1.807) is 11.9 Å². The molecular formula is C18H22N8O5. The van der Waals surface area contributed by atoms with Crippen LogP contribution in [0.15, 0.2) is 21.6 Å². The fraction of sp³-hybridized carbons (Fsp3) is 0.444. The number of anilines is 1. The topological polar surface area (TPSA) is 151 Å². The van der Waals surface area contributed by atoms with Gasteiger partial charge in [0.25, 0.3) is 17.3 Å². The summed E-state index contributed by atoms with van der Waals surface area (Å²) in [7, 11) is 3.12. The summed E-state index contributed by atoms with van der Waals surface area (Å²) < 4.78 is 11.5. The highest BCUT2D eigenvalue weighted by molar-refractivity contribution is 5.92. The molecule has 0 saturated carbocycles. The van der Waals surface area contributed by atoms with Gasteiger partial charge in [0.05, 0.1) is 19.4 Å². The molecule has 164 valence electrons. The zero-order valence-corrected chi connectivity index (χ0v) is 17.1. The van der Waals surface area contributed by atoms with Gasteiger partial charge >= 0.3 is 0 Å². The van der Waals surface area contributed by atoms with Crippen molar-refractivity contribution in [2.75, 3.05) is 44.7 Å². The van der Waals surface area contributed by atoms with Crippen LogP contribution in [-0.2, 0) is 11.8 Å². The number of amides is 2. The van der Waals surface area contributed by atoms with E-state index in [1.165, 1.54) is 29.0 Å². The van der Waals surface area contributed by atoms with Crippen molar-refractivity contribution < 1.29 is 18.8 Å². The molecule has 0 spiro atoms. The molecule has 2 amide bonds. The molecule has 1 fully saturated rings. The van der Waals surface area contributed by atoms with Crippen LogP contribution in [-0.4, -0.2) is 81.5 Å². The first kappa shape index (κ1) is 20.4. The molecule has 13 heteroatoms. The lowest BCUT2D eigenvalue weighted by Crippen LogP contribution is -2.45. The molecule has 4 heterocycles. The summed E-state index contributed by atoms with van der Waals surface area (Å²) in [4.78, 5) is 48.0. The van der Waals surface area contributed by atoms with E-state index < -0.39 is 5.91 Å². The van der Waals surface area contributed by atoms with Crippen LogP contribution in [0.1, 0.15) is 17.0 Å². The second-order valence-corrected chi connectivity index (χ2v) is 7.01. The van der Waals surface area contributed by atoms with E-state index in [2.05, 4.69) is 25.5 Å². The van der Waals surface area contributed by atoms with Gasteiger partial charge in [-0.05, 0) is 5.16 Å². The van der Waals surface area contributed by atoms with Crippen LogP contribution in [0.5, 0.6) is 5.88 Å². The molecule has 3 aromatic heterocycles. The number of nitrogens with one attached hydrogen (secondary N) is 2. The molecule has 0 unspecified atom stereocenters. The Labute approximate surface area is 175 Å². The normalized spacial score (nSPS) is 15.7. The lowest BCUT2D eigenvalue weighted by molar-refractivity contribution is -0.121. The van der Waals surface area contributed by atoms with Crippen molar-refractivity contribution in [1.82, 2.24) is 35.1 Å². The van der Waals surface area contributed by atoms with Gasteiger partial charge in [0.15, 0.2) is 5.65 Å². The van der Waals surface area contributed by atoms with Crippen LogP contribution in [0.25, 0.3) is 11.0 Å². The smallest absolute Gasteiger partial charge is 0.292 e. The Balaban J connectivity index is 1.60. The zero-order valence-electron chi connectivity index (χ0n) is 17.1. The average Bonchev–Trinajstić information content (AvgIpc) is 3.39. The molecule has 0 aromatic carbocycles. The minimum Gasteiger partial charge on any atom is -0.479 e. The molecular weight excluding hydrogens is 408 g/mol. The van der Waals surface area contributed by atoms with Gasteiger partial charge in [0, 0.05) is 46.2 Å². The average molecular weight is 430 g/mol. The quantitative estimate of drug-likeness (QED) is 0.540. The van der Waals surface area contributed by atoms with Gasteiger partial charge in [-0.15, -0.1) is 0 Å². The molecule has 31 heavy (non-hydrogen) atoms.